The molecule has 0 saturated carbocycles. The van der Waals surface area contributed by atoms with Crippen molar-refractivity contribution in [3.05, 3.63) is 51.0 Å². The maximum atomic E-state index is 11.3. The molecule has 0 atom stereocenters. The van der Waals surface area contributed by atoms with E-state index in [1.807, 2.05) is 39.0 Å². The second-order valence-electron chi connectivity index (χ2n) is 5.48. The summed E-state index contributed by atoms with van der Waals surface area (Å²) in [6.45, 7) is 5.91. The van der Waals surface area contributed by atoms with Crippen molar-refractivity contribution in [2.45, 2.75) is 26.2 Å². The summed E-state index contributed by atoms with van der Waals surface area (Å²) in [6, 6.07) is 7.31. The van der Waals surface area contributed by atoms with E-state index in [4.69, 9.17) is 11.6 Å². The van der Waals surface area contributed by atoms with Crippen LogP contribution in [-0.2, 0) is 5.41 Å². The van der Waals surface area contributed by atoms with Crippen LogP contribution in [-0.4, -0.2) is 21.4 Å². The number of nitrogens with zero attached hydrogens (tertiary/aromatic N) is 3. The highest BCUT2D eigenvalue weighted by Crippen LogP contribution is 2.24. The molecule has 6 nitrogen and oxygen atoms in total. The number of anilines is 1. The van der Waals surface area contributed by atoms with Gasteiger partial charge in [0.2, 0.25) is 0 Å². The van der Waals surface area contributed by atoms with Gasteiger partial charge >= 0.3 is 5.69 Å². The summed E-state index contributed by atoms with van der Waals surface area (Å²) in [5, 5.41) is 11.0. The van der Waals surface area contributed by atoms with Crippen molar-refractivity contribution in [2.75, 3.05) is 5.43 Å². The van der Waals surface area contributed by atoms with Gasteiger partial charge < -0.3 is 0 Å². The van der Waals surface area contributed by atoms with Gasteiger partial charge in [-0.05, 0) is 6.07 Å². The third-order valence-electron chi connectivity index (χ3n) is 2.69. The van der Waals surface area contributed by atoms with Crippen LogP contribution in [0.1, 0.15) is 32.0 Å². The van der Waals surface area contributed by atoms with Crippen molar-refractivity contribution in [1.29, 1.82) is 0 Å². The number of nitrogens with one attached hydrogen (secondary N) is 2. The highest BCUT2D eigenvalue weighted by molar-refractivity contribution is 6.33. The molecule has 110 valence electrons. The van der Waals surface area contributed by atoms with E-state index in [2.05, 4.69) is 25.7 Å². The first-order chi connectivity index (χ1) is 9.88. The molecule has 21 heavy (non-hydrogen) atoms. The smallest absolute Gasteiger partial charge is 0.260 e. The summed E-state index contributed by atoms with van der Waals surface area (Å²) < 4.78 is 0. The summed E-state index contributed by atoms with van der Waals surface area (Å²) in [7, 11) is 0. The Kier molecular flexibility index (Phi) is 4.37. The topological polar surface area (TPSA) is 83.0 Å². The first-order valence-electron chi connectivity index (χ1n) is 6.39. The largest absolute Gasteiger partial charge is 0.363 e. The van der Waals surface area contributed by atoms with Crippen LogP contribution in [0.3, 0.4) is 0 Å². The molecule has 0 bridgehead atoms. The van der Waals surface area contributed by atoms with E-state index in [0.717, 1.165) is 5.56 Å². The number of aromatic nitrogens is 3. The van der Waals surface area contributed by atoms with E-state index in [9.17, 15) is 4.79 Å². The Morgan fingerprint density at radius 2 is 2.05 bits per heavy atom. The molecule has 0 fully saturated rings. The molecule has 7 heteroatoms. The number of rotatable bonds is 3. The van der Waals surface area contributed by atoms with Gasteiger partial charge in [0.05, 0.1) is 6.21 Å². The predicted octanol–water partition coefficient (Wildman–Crippen LogP) is 2.56. The SMILES string of the molecule is CC(C)(C)c1n[nH]c(=O)nc1N/N=C/c1ccccc1Cl. The van der Waals surface area contributed by atoms with Crippen LogP contribution >= 0.6 is 11.6 Å². The van der Waals surface area contributed by atoms with Gasteiger partial charge in [0, 0.05) is 16.0 Å². The molecule has 0 unspecified atom stereocenters. The van der Waals surface area contributed by atoms with Crippen LogP contribution in [0.15, 0.2) is 34.2 Å². The first-order valence-corrected chi connectivity index (χ1v) is 6.76. The number of H-pyrrole nitrogens is 1. The number of hydrogen-bond donors (Lipinski definition) is 2. The Morgan fingerprint density at radius 3 is 2.71 bits per heavy atom. The van der Waals surface area contributed by atoms with Gasteiger partial charge in [0.1, 0.15) is 5.69 Å². The minimum atomic E-state index is -0.529. The summed E-state index contributed by atoms with van der Waals surface area (Å²) in [4.78, 5) is 15.2. The second-order valence-corrected chi connectivity index (χ2v) is 5.89. The second kappa shape index (κ2) is 6.05. The molecule has 0 saturated heterocycles. The highest BCUT2D eigenvalue weighted by atomic mass is 35.5. The molecule has 0 aliphatic heterocycles. The van der Waals surface area contributed by atoms with Crippen LogP contribution < -0.4 is 11.1 Å². The standard InChI is InChI=1S/C14H16ClN5O/c1-14(2,3)11-12(17-13(21)20-18-11)19-16-8-9-6-4-5-7-10(9)15/h4-8H,1-3H3,(H2,17,19,20,21)/b16-8+. The van der Waals surface area contributed by atoms with E-state index in [1.54, 1.807) is 12.3 Å². The summed E-state index contributed by atoms with van der Waals surface area (Å²) in [6.07, 6.45) is 1.57. The average molecular weight is 306 g/mol. The fraction of sp³-hybridized carbons (Fsp3) is 0.286. The molecule has 2 N–H and O–H groups in total. The zero-order valence-corrected chi connectivity index (χ0v) is 12.8. The minimum Gasteiger partial charge on any atom is -0.260 e. The lowest BCUT2D eigenvalue weighted by molar-refractivity contribution is 0.553. The molecule has 2 rings (SSSR count). The molecule has 0 radical (unpaired) electrons. The summed E-state index contributed by atoms with van der Waals surface area (Å²) in [5.74, 6) is 0.328. The molecule has 1 aromatic heterocycles. The van der Waals surface area contributed by atoms with Crippen LogP contribution in [0.4, 0.5) is 5.82 Å². The summed E-state index contributed by atoms with van der Waals surface area (Å²) >= 11 is 6.03. The number of hydrogen-bond acceptors (Lipinski definition) is 5. The maximum Gasteiger partial charge on any atom is 0.363 e. The first kappa shape index (κ1) is 15.2. The Balaban J connectivity index is 2.26. The predicted molar refractivity (Wildman–Crippen MR) is 84.0 cm³/mol. The van der Waals surface area contributed by atoms with Crippen molar-refractivity contribution in [1.82, 2.24) is 15.2 Å². The fourth-order valence-corrected chi connectivity index (χ4v) is 1.86. The van der Waals surface area contributed by atoms with Gasteiger partial charge in [0.25, 0.3) is 0 Å². The minimum absolute atomic E-state index is 0.278. The van der Waals surface area contributed by atoms with E-state index in [-0.39, 0.29) is 5.41 Å². The Labute approximate surface area is 127 Å². The number of hydrazone groups is 1. The van der Waals surface area contributed by atoms with Crippen LogP contribution in [0, 0.1) is 0 Å². The highest BCUT2D eigenvalue weighted by Gasteiger charge is 2.21. The third-order valence-corrected chi connectivity index (χ3v) is 3.03. The molecule has 2 aromatic rings. The van der Waals surface area contributed by atoms with Gasteiger partial charge in [-0.15, -0.1) is 0 Å². The molecule has 0 amide bonds. The van der Waals surface area contributed by atoms with E-state index in [0.29, 0.717) is 16.5 Å². The average Bonchev–Trinajstić information content (AvgIpc) is 2.39. The maximum absolute atomic E-state index is 11.3. The lowest BCUT2D eigenvalue weighted by Crippen LogP contribution is -2.24. The Hall–Kier alpha value is -2.21. The van der Waals surface area contributed by atoms with Crippen molar-refractivity contribution in [2.24, 2.45) is 5.10 Å². The van der Waals surface area contributed by atoms with Gasteiger partial charge in [-0.3, -0.25) is 5.43 Å². The quantitative estimate of drug-likeness (QED) is 0.674. The lowest BCUT2D eigenvalue weighted by Gasteiger charge is -2.18. The van der Waals surface area contributed by atoms with Crippen LogP contribution in [0.25, 0.3) is 0 Å². The van der Waals surface area contributed by atoms with Crippen molar-refractivity contribution < 1.29 is 0 Å². The molecular formula is C14H16ClN5O. The molecule has 1 aromatic carbocycles. The Bertz CT molecular complexity index is 718. The summed E-state index contributed by atoms with van der Waals surface area (Å²) in [5.41, 5.74) is 3.34. The van der Waals surface area contributed by atoms with E-state index in [1.165, 1.54) is 0 Å². The number of halogens is 1. The molecule has 0 spiro atoms. The zero-order valence-electron chi connectivity index (χ0n) is 12.0. The van der Waals surface area contributed by atoms with Gasteiger partial charge in [-0.2, -0.15) is 15.2 Å². The zero-order chi connectivity index (χ0) is 15.5. The van der Waals surface area contributed by atoms with Crippen molar-refractivity contribution in [3.8, 4) is 0 Å². The number of aromatic amines is 1. The third kappa shape index (κ3) is 3.88. The van der Waals surface area contributed by atoms with Crippen molar-refractivity contribution >= 4 is 23.6 Å². The van der Waals surface area contributed by atoms with E-state index < -0.39 is 5.69 Å². The molecular weight excluding hydrogens is 290 g/mol. The molecule has 0 aliphatic rings. The van der Waals surface area contributed by atoms with Crippen LogP contribution in [0.2, 0.25) is 5.02 Å². The lowest BCUT2D eigenvalue weighted by atomic mass is 9.92. The molecule has 1 heterocycles. The normalized spacial score (nSPS) is 11.8. The fourth-order valence-electron chi connectivity index (χ4n) is 1.68. The molecule has 0 aliphatic carbocycles. The Morgan fingerprint density at radius 1 is 1.33 bits per heavy atom. The monoisotopic (exact) mass is 305 g/mol. The van der Waals surface area contributed by atoms with E-state index >= 15 is 0 Å². The van der Waals surface area contributed by atoms with Crippen molar-refractivity contribution in [3.63, 3.8) is 0 Å². The number of benzene rings is 1. The van der Waals surface area contributed by atoms with Gasteiger partial charge in [-0.1, -0.05) is 50.6 Å². The van der Waals surface area contributed by atoms with Gasteiger partial charge in [-0.25, -0.2) is 9.89 Å². The van der Waals surface area contributed by atoms with Crippen LogP contribution in [0.5, 0.6) is 0 Å². The van der Waals surface area contributed by atoms with Gasteiger partial charge in [0.15, 0.2) is 5.82 Å².